The number of carbonyl (C=O) groups excluding carboxylic acids is 1. The van der Waals surface area contributed by atoms with Crippen molar-refractivity contribution in [2.75, 3.05) is 13.1 Å². The molecule has 1 aromatic carbocycles. The van der Waals surface area contributed by atoms with Gasteiger partial charge in [0.15, 0.2) is 5.96 Å². The molecule has 2 rings (SSSR count). The molecular formula is C13H18ClIN4O. The van der Waals surface area contributed by atoms with Crippen molar-refractivity contribution in [3.8, 4) is 0 Å². The molecule has 1 aliphatic carbocycles. The Balaban J connectivity index is 0.00000200. The van der Waals surface area contributed by atoms with Crippen molar-refractivity contribution in [2.24, 2.45) is 10.7 Å². The number of nitrogens with two attached hydrogens (primary N) is 1. The third-order valence-electron chi connectivity index (χ3n) is 2.72. The third-order valence-corrected chi connectivity index (χ3v) is 2.97. The van der Waals surface area contributed by atoms with E-state index in [-0.39, 0.29) is 29.9 Å². The number of benzene rings is 1. The molecule has 7 heteroatoms. The van der Waals surface area contributed by atoms with E-state index in [1.165, 1.54) is 0 Å². The smallest absolute Gasteiger partial charge is 0.251 e. The summed E-state index contributed by atoms with van der Waals surface area (Å²) in [7, 11) is 0. The molecule has 0 heterocycles. The van der Waals surface area contributed by atoms with Gasteiger partial charge in [-0.05, 0) is 37.1 Å². The maximum absolute atomic E-state index is 11.7. The molecule has 4 N–H and O–H groups in total. The zero-order valence-corrected chi connectivity index (χ0v) is 14.0. The zero-order valence-electron chi connectivity index (χ0n) is 10.9. The minimum Gasteiger partial charge on any atom is -0.370 e. The summed E-state index contributed by atoms with van der Waals surface area (Å²) in [5.41, 5.74) is 6.25. The standard InChI is InChI=1S/C13H17ClN4O.HI/c14-10-3-1-9(2-4-10)12(19)16-7-8-17-13(15)18-11-5-6-11;/h1-4,11H,5-8H2,(H,16,19)(H3,15,17,18);1H. The highest BCUT2D eigenvalue weighted by atomic mass is 127. The first-order chi connectivity index (χ1) is 9.15. The quantitative estimate of drug-likeness (QED) is 0.301. The number of carbonyl (C=O) groups is 1. The van der Waals surface area contributed by atoms with Crippen molar-refractivity contribution in [3.05, 3.63) is 34.9 Å². The summed E-state index contributed by atoms with van der Waals surface area (Å²) >= 11 is 5.75. The molecule has 5 nitrogen and oxygen atoms in total. The maximum Gasteiger partial charge on any atom is 0.251 e. The Morgan fingerprint density at radius 1 is 1.35 bits per heavy atom. The molecule has 0 unspecified atom stereocenters. The minimum absolute atomic E-state index is 0. The number of rotatable bonds is 5. The van der Waals surface area contributed by atoms with Gasteiger partial charge < -0.3 is 16.4 Å². The number of aliphatic imine (C=N–C) groups is 1. The van der Waals surface area contributed by atoms with Crippen LogP contribution in [-0.4, -0.2) is 31.0 Å². The van der Waals surface area contributed by atoms with Gasteiger partial charge in [-0.3, -0.25) is 9.79 Å². The van der Waals surface area contributed by atoms with Gasteiger partial charge in [0.25, 0.3) is 5.91 Å². The summed E-state index contributed by atoms with van der Waals surface area (Å²) < 4.78 is 0. The fraction of sp³-hybridized carbons (Fsp3) is 0.385. The molecule has 0 aliphatic heterocycles. The number of hydrogen-bond donors (Lipinski definition) is 3. The molecule has 110 valence electrons. The topological polar surface area (TPSA) is 79.5 Å². The average Bonchev–Trinajstić information content (AvgIpc) is 3.19. The highest BCUT2D eigenvalue weighted by molar-refractivity contribution is 14.0. The lowest BCUT2D eigenvalue weighted by molar-refractivity contribution is 0.0955. The van der Waals surface area contributed by atoms with Crippen molar-refractivity contribution in [2.45, 2.75) is 18.9 Å². The summed E-state index contributed by atoms with van der Waals surface area (Å²) in [6.07, 6.45) is 2.31. The van der Waals surface area contributed by atoms with Crippen LogP contribution < -0.4 is 16.4 Å². The lowest BCUT2D eigenvalue weighted by atomic mass is 10.2. The Labute approximate surface area is 140 Å². The third kappa shape index (κ3) is 5.96. The summed E-state index contributed by atoms with van der Waals surface area (Å²) in [4.78, 5) is 15.9. The van der Waals surface area contributed by atoms with Gasteiger partial charge in [0.1, 0.15) is 0 Å². The molecule has 0 atom stereocenters. The molecular weight excluding hydrogens is 391 g/mol. The van der Waals surface area contributed by atoms with Gasteiger partial charge in [-0.25, -0.2) is 0 Å². The molecule has 1 aromatic rings. The van der Waals surface area contributed by atoms with Crippen molar-refractivity contribution >= 4 is 47.4 Å². The van der Waals surface area contributed by atoms with Crippen molar-refractivity contribution in [1.82, 2.24) is 10.6 Å². The van der Waals surface area contributed by atoms with Crippen molar-refractivity contribution < 1.29 is 4.79 Å². The first-order valence-electron chi connectivity index (χ1n) is 6.25. The van der Waals surface area contributed by atoms with E-state index in [0.29, 0.717) is 35.7 Å². The normalized spacial score (nSPS) is 14.3. The van der Waals surface area contributed by atoms with Gasteiger partial charge in [0.2, 0.25) is 0 Å². The highest BCUT2D eigenvalue weighted by Crippen LogP contribution is 2.17. The maximum atomic E-state index is 11.7. The lowest BCUT2D eigenvalue weighted by Gasteiger charge is -2.05. The first kappa shape index (κ1) is 17.0. The first-order valence-corrected chi connectivity index (χ1v) is 6.63. The number of amides is 1. The monoisotopic (exact) mass is 408 g/mol. The summed E-state index contributed by atoms with van der Waals surface area (Å²) in [5, 5.41) is 6.46. The van der Waals surface area contributed by atoms with Crippen LogP contribution in [0, 0.1) is 0 Å². The second-order valence-electron chi connectivity index (χ2n) is 4.45. The summed E-state index contributed by atoms with van der Waals surface area (Å²) in [6, 6.07) is 7.24. The van der Waals surface area contributed by atoms with Crippen LogP contribution in [0.2, 0.25) is 5.02 Å². The van der Waals surface area contributed by atoms with E-state index < -0.39 is 0 Å². The van der Waals surface area contributed by atoms with Gasteiger partial charge >= 0.3 is 0 Å². The highest BCUT2D eigenvalue weighted by Gasteiger charge is 2.21. The van der Waals surface area contributed by atoms with Gasteiger partial charge in [0, 0.05) is 23.2 Å². The van der Waals surface area contributed by atoms with Crippen molar-refractivity contribution in [1.29, 1.82) is 0 Å². The number of hydrogen-bond acceptors (Lipinski definition) is 2. The van der Waals surface area contributed by atoms with E-state index >= 15 is 0 Å². The van der Waals surface area contributed by atoms with E-state index in [1.54, 1.807) is 24.3 Å². The van der Waals surface area contributed by atoms with E-state index in [2.05, 4.69) is 15.6 Å². The van der Waals surface area contributed by atoms with Crippen LogP contribution in [0.15, 0.2) is 29.3 Å². The lowest BCUT2D eigenvalue weighted by Crippen LogP contribution is -2.34. The second-order valence-corrected chi connectivity index (χ2v) is 4.88. The molecule has 0 aromatic heterocycles. The Bertz CT molecular complexity index is 474. The van der Waals surface area contributed by atoms with Gasteiger partial charge in [-0.2, -0.15) is 0 Å². The van der Waals surface area contributed by atoms with Crippen molar-refractivity contribution in [3.63, 3.8) is 0 Å². The van der Waals surface area contributed by atoms with E-state index in [0.717, 1.165) is 12.8 Å². The predicted molar refractivity (Wildman–Crippen MR) is 91.8 cm³/mol. The predicted octanol–water partition coefficient (Wildman–Crippen LogP) is 1.75. The largest absolute Gasteiger partial charge is 0.370 e. The van der Waals surface area contributed by atoms with E-state index in [9.17, 15) is 4.79 Å². The number of nitrogens with zero attached hydrogens (tertiary/aromatic N) is 1. The molecule has 0 bridgehead atoms. The summed E-state index contributed by atoms with van der Waals surface area (Å²) in [5.74, 6) is 0.309. The molecule has 0 spiro atoms. The van der Waals surface area contributed by atoms with Gasteiger partial charge in [-0.1, -0.05) is 11.6 Å². The second kappa shape index (κ2) is 8.31. The molecule has 1 aliphatic rings. The Morgan fingerprint density at radius 3 is 2.60 bits per heavy atom. The molecule has 1 amide bonds. The Hall–Kier alpha value is -1.02. The summed E-state index contributed by atoms with van der Waals surface area (Å²) in [6.45, 7) is 0.916. The zero-order chi connectivity index (χ0) is 13.7. The SMILES string of the molecule is I.NC(=NCCNC(=O)c1ccc(Cl)cc1)NC1CC1. The fourth-order valence-corrected chi connectivity index (χ4v) is 1.66. The molecule has 1 saturated carbocycles. The fourth-order valence-electron chi connectivity index (χ4n) is 1.53. The Kier molecular flexibility index (Phi) is 7.08. The van der Waals surface area contributed by atoms with Crippen LogP contribution in [0.3, 0.4) is 0 Å². The van der Waals surface area contributed by atoms with E-state index in [4.69, 9.17) is 17.3 Å². The van der Waals surface area contributed by atoms with Crippen LogP contribution in [-0.2, 0) is 0 Å². The number of nitrogens with one attached hydrogen (secondary N) is 2. The van der Waals surface area contributed by atoms with Crippen LogP contribution in [0.5, 0.6) is 0 Å². The molecule has 0 radical (unpaired) electrons. The Morgan fingerprint density at radius 2 is 2.00 bits per heavy atom. The van der Waals surface area contributed by atoms with Crippen LogP contribution in [0.4, 0.5) is 0 Å². The van der Waals surface area contributed by atoms with Crippen LogP contribution in [0.25, 0.3) is 0 Å². The molecule has 0 saturated heterocycles. The van der Waals surface area contributed by atoms with Gasteiger partial charge in [0.05, 0.1) is 6.54 Å². The number of halogens is 2. The average molecular weight is 409 g/mol. The molecule has 1 fully saturated rings. The number of guanidine groups is 1. The van der Waals surface area contributed by atoms with Crippen LogP contribution in [0.1, 0.15) is 23.2 Å². The minimum atomic E-state index is -0.138. The molecule has 20 heavy (non-hydrogen) atoms. The van der Waals surface area contributed by atoms with Gasteiger partial charge in [-0.15, -0.1) is 24.0 Å². The van der Waals surface area contributed by atoms with Crippen LogP contribution >= 0.6 is 35.6 Å². The van der Waals surface area contributed by atoms with E-state index in [1.807, 2.05) is 0 Å².